The molecule has 1 aromatic carbocycles. The van der Waals surface area contributed by atoms with Crippen molar-refractivity contribution in [1.29, 1.82) is 0 Å². The minimum Gasteiger partial charge on any atom is -0.379 e. The average molecular weight is 261 g/mol. The van der Waals surface area contributed by atoms with Gasteiger partial charge in [-0.2, -0.15) is 0 Å². The molecule has 1 fully saturated rings. The Balaban J connectivity index is 2.19. The van der Waals surface area contributed by atoms with Crippen LogP contribution >= 0.6 is 0 Å². The van der Waals surface area contributed by atoms with Crippen molar-refractivity contribution in [2.75, 3.05) is 13.7 Å². The van der Waals surface area contributed by atoms with Crippen molar-refractivity contribution in [1.82, 2.24) is 5.32 Å². The molecule has 2 rings (SSSR count). The van der Waals surface area contributed by atoms with Crippen molar-refractivity contribution in [3.05, 3.63) is 35.4 Å². The van der Waals surface area contributed by atoms with Crippen LogP contribution in [-0.2, 0) is 11.2 Å². The van der Waals surface area contributed by atoms with E-state index >= 15 is 0 Å². The van der Waals surface area contributed by atoms with Crippen LogP contribution in [0.5, 0.6) is 0 Å². The lowest BCUT2D eigenvalue weighted by molar-refractivity contribution is 0.0511. The monoisotopic (exact) mass is 261 g/mol. The van der Waals surface area contributed by atoms with E-state index in [2.05, 4.69) is 43.4 Å². The fourth-order valence-electron chi connectivity index (χ4n) is 2.90. The van der Waals surface area contributed by atoms with Gasteiger partial charge in [0.15, 0.2) is 0 Å². The standard InChI is InChI=1S/C17H27NO/c1-4-7-13-8-6-9-15(12-13)16(18-5-2)17(19-3)14-10-11-14/h6,8-9,12,14,16-18H,4-5,7,10-11H2,1-3H3. The number of hydrogen-bond acceptors (Lipinski definition) is 2. The van der Waals surface area contributed by atoms with E-state index in [4.69, 9.17) is 4.74 Å². The highest BCUT2D eigenvalue weighted by Gasteiger charge is 2.37. The normalized spacial score (nSPS) is 18.3. The largest absolute Gasteiger partial charge is 0.379 e. The summed E-state index contributed by atoms with van der Waals surface area (Å²) in [4.78, 5) is 0. The van der Waals surface area contributed by atoms with Crippen molar-refractivity contribution in [3.8, 4) is 0 Å². The van der Waals surface area contributed by atoms with Crippen molar-refractivity contribution in [3.63, 3.8) is 0 Å². The molecule has 0 amide bonds. The van der Waals surface area contributed by atoms with Crippen LogP contribution in [-0.4, -0.2) is 19.8 Å². The third kappa shape index (κ3) is 3.80. The molecule has 2 heteroatoms. The number of benzene rings is 1. The van der Waals surface area contributed by atoms with Gasteiger partial charge in [0.2, 0.25) is 0 Å². The molecular formula is C17H27NO. The topological polar surface area (TPSA) is 21.3 Å². The Bertz CT molecular complexity index is 387. The Hall–Kier alpha value is -0.860. The molecular weight excluding hydrogens is 234 g/mol. The maximum Gasteiger partial charge on any atom is 0.0794 e. The molecule has 0 spiro atoms. The molecule has 2 unspecified atom stereocenters. The number of rotatable bonds is 8. The Kier molecular flexibility index (Phi) is 5.41. The summed E-state index contributed by atoms with van der Waals surface area (Å²) in [5.74, 6) is 0.740. The molecule has 0 heterocycles. The zero-order chi connectivity index (χ0) is 13.7. The maximum absolute atomic E-state index is 5.78. The summed E-state index contributed by atoms with van der Waals surface area (Å²) in [5, 5.41) is 3.62. The zero-order valence-electron chi connectivity index (χ0n) is 12.5. The van der Waals surface area contributed by atoms with Gasteiger partial charge < -0.3 is 10.1 Å². The van der Waals surface area contributed by atoms with Crippen LogP contribution in [0.3, 0.4) is 0 Å². The molecule has 19 heavy (non-hydrogen) atoms. The van der Waals surface area contributed by atoms with Crippen LogP contribution in [0.2, 0.25) is 0 Å². The summed E-state index contributed by atoms with van der Waals surface area (Å²) in [6, 6.07) is 9.34. The van der Waals surface area contributed by atoms with Gasteiger partial charge in [-0.25, -0.2) is 0 Å². The van der Waals surface area contributed by atoms with E-state index in [-0.39, 0.29) is 0 Å². The van der Waals surface area contributed by atoms with Gasteiger partial charge in [-0.3, -0.25) is 0 Å². The first-order chi connectivity index (χ1) is 9.30. The predicted octanol–water partition coefficient (Wildman–Crippen LogP) is 3.71. The van der Waals surface area contributed by atoms with Gasteiger partial charge in [-0.15, -0.1) is 0 Å². The van der Waals surface area contributed by atoms with Crippen LogP contribution < -0.4 is 5.32 Å². The molecule has 1 N–H and O–H groups in total. The molecule has 1 aromatic rings. The van der Waals surface area contributed by atoms with Gasteiger partial charge in [0.1, 0.15) is 0 Å². The number of hydrogen-bond donors (Lipinski definition) is 1. The highest BCUT2D eigenvalue weighted by molar-refractivity contribution is 5.27. The number of methoxy groups -OCH3 is 1. The lowest BCUT2D eigenvalue weighted by atomic mass is 9.95. The second-order valence-corrected chi connectivity index (χ2v) is 5.57. The molecule has 0 radical (unpaired) electrons. The fraction of sp³-hybridized carbons (Fsp3) is 0.647. The molecule has 1 saturated carbocycles. The summed E-state index contributed by atoms with van der Waals surface area (Å²) in [7, 11) is 1.85. The third-order valence-corrected chi connectivity index (χ3v) is 3.96. The fourth-order valence-corrected chi connectivity index (χ4v) is 2.90. The second-order valence-electron chi connectivity index (χ2n) is 5.57. The van der Waals surface area contributed by atoms with Gasteiger partial charge in [-0.05, 0) is 42.9 Å². The van der Waals surface area contributed by atoms with E-state index < -0.39 is 0 Å². The Labute approximate surface area is 117 Å². The summed E-state index contributed by atoms with van der Waals surface area (Å²) < 4.78 is 5.78. The minimum absolute atomic E-state index is 0.317. The van der Waals surface area contributed by atoms with Gasteiger partial charge in [-0.1, -0.05) is 44.5 Å². The highest BCUT2D eigenvalue weighted by Crippen LogP contribution is 2.39. The van der Waals surface area contributed by atoms with E-state index in [1.807, 2.05) is 7.11 Å². The van der Waals surface area contributed by atoms with Crippen LogP contribution in [0.25, 0.3) is 0 Å². The van der Waals surface area contributed by atoms with Crippen LogP contribution in [0, 0.1) is 5.92 Å². The number of likely N-dealkylation sites (N-methyl/N-ethyl adjacent to an activating group) is 1. The SMILES string of the molecule is CCCc1cccc(C(NCC)C(OC)C2CC2)c1. The lowest BCUT2D eigenvalue weighted by Crippen LogP contribution is -2.34. The van der Waals surface area contributed by atoms with Gasteiger partial charge in [0, 0.05) is 7.11 Å². The predicted molar refractivity (Wildman–Crippen MR) is 80.4 cm³/mol. The zero-order valence-corrected chi connectivity index (χ0v) is 12.5. The number of nitrogens with one attached hydrogen (secondary N) is 1. The second kappa shape index (κ2) is 7.06. The Morgan fingerprint density at radius 3 is 2.68 bits per heavy atom. The van der Waals surface area contributed by atoms with Crippen molar-refractivity contribution in [2.24, 2.45) is 5.92 Å². The van der Waals surface area contributed by atoms with Gasteiger partial charge in [0.25, 0.3) is 0 Å². The summed E-state index contributed by atoms with van der Waals surface area (Å²) in [6.45, 7) is 5.38. The average Bonchev–Trinajstić information content (AvgIpc) is 3.24. The molecule has 2 atom stereocenters. The quantitative estimate of drug-likeness (QED) is 0.770. The molecule has 0 saturated heterocycles. The Morgan fingerprint density at radius 2 is 2.11 bits per heavy atom. The van der Waals surface area contributed by atoms with Crippen LogP contribution in [0.1, 0.15) is 50.3 Å². The molecule has 0 aliphatic heterocycles. The van der Waals surface area contributed by atoms with Gasteiger partial charge >= 0.3 is 0 Å². The van der Waals surface area contributed by atoms with E-state index in [9.17, 15) is 0 Å². The smallest absolute Gasteiger partial charge is 0.0794 e. The molecule has 1 aliphatic carbocycles. The first-order valence-electron chi connectivity index (χ1n) is 7.65. The molecule has 106 valence electrons. The van der Waals surface area contributed by atoms with Gasteiger partial charge in [0.05, 0.1) is 12.1 Å². The summed E-state index contributed by atoms with van der Waals surface area (Å²) in [5.41, 5.74) is 2.82. The maximum atomic E-state index is 5.78. The summed E-state index contributed by atoms with van der Waals surface area (Å²) in [6.07, 6.45) is 5.31. The molecule has 0 aromatic heterocycles. The number of ether oxygens (including phenoxy) is 1. The lowest BCUT2D eigenvalue weighted by Gasteiger charge is -2.27. The minimum atomic E-state index is 0.317. The van der Waals surface area contributed by atoms with Crippen LogP contribution in [0.15, 0.2) is 24.3 Å². The molecule has 2 nitrogen and oxygen atoms in total. The molecule has 0 bridgehead atoms. The van der Waals surface area contributed by atoms with Crippen LogP contribution in [0.4, 0.5) is 0 Å². The highest BCUT2D eigenvalue weighted by atomic mass is 16.5. The van der Waals surface area contributed by atoms with Crippen molar-refractivity contribution >= 4 is 0 Å². The number of aryl methyl sites for hydroxylation is 1. The van der Waals surface area contributed by atoms with Crippen molar-refractivity contribution < 1.29 is 4.74 Å². The van der Waals surface area contributed by atoms with E-state index in [0.29, 0.717) is 12.1 Å². The Morgan fingerprint density at radius 1 is 1.32 bits per heavy atom. The van der Waals surface area contributed by atoms with E-state index in [1.54, 1.807) is 0 Å². The third-order valence-electron chi connectivity index (χ3n) is 3.96. The first-order valence-corrected chi connectivity index (χ1v) is 7.65. The first kappa shape index (κ1) is 14.5. The van der Waals surface area contributed by atoms with Crippen molar-refractivity contribution in [2.45, 2.75) is 51.7 Å². The van der Waals surface area contributed by atoms with E-state index in [0.717, 1.165) is 18.9 Å². The summed E-state index contributed by atoms with van der Waals surface area (Å²) >= 11 is 0. The molecule has 1 aliphatic rings. The van der Waals surface area contributed by atoms with E-state index in [1.165, 1.54) is 30.4 Å².